The van der Waals surface area contributed by atoms with E-state index in [1.807, 2.05) is 12.1 Å². The van der Waals surface area contributed by atoms with Gasteiger partial charge >= 0.3 is 0 Å². The SMILES string of the molecule is CCCCC[C@H]1CC[C@H](CCCCc2ccc(Cl)cc2)CC1. The fraction of sp³-hybridized carbons (Fsp3) is 0.714. The molecule has 0 amide bonds. The summed E-state index contributed by atoms with van der Waals surface area (Å²) in [6.07, 6.45) is 17.2. The summed E-state index contributed by atoms with van der Waals surface area (Å²) in [5.41, 5.74) is 1.43. The topological polar surface area (TPSA) is 0 Å². The number of aryl methyl sites for hydroxylation is 1. The molecule has 0 aliphatic heterocycles. The van der Waals surface area contributed by atoms with E-state index in [-0.39, 0.29) is 0 Å². The first kappa shape index (κ1) is 17.9. The van der Waals surface area contributed by atoms with Crippen LogP contribution in [0.4, 0.5) is 0 Å². The molecule has 2 rings (SSSR count). The molecule has 22 heavy (non-hydrogen) atoms. The van der Waals surface area contributed by atoms with Crippen LogP contribution in [0.5, 0.6) is 0 Å². The van der Waals surface area contributed by atoms with E-state index >= 15 is 0 Å². The van der Waals surface area contributed by atoms with Crippen molar-refractivity contribution in [1.82, 2.24) is 0 Å². The van der Waals surface area contributed by atoms with Gasteiger partial charge in [0.05, 0.1) is 0 Å². The summed E-state index contributed by atoms with van der Waals surface area (Å²) in [4.78, 5) is 0. The molecule has 0 heterocycles. The lowest BCUT2D eigenvalue weighted by molar-refractivity contribution is 0.245. The largest absolute Gasteiger partial charge is 0.0843 e. The van der Waals surface area contributed by atoms with E-state index in [1.165, 1.54) is 82.6 Å². The van der Waals surface area contributed by atoms with E-state index in [0.717, 1.165) is 16.9 Å². The fourth-order valence-electron chi connectivity index (χ4n) is 3.91. The number of halogens is 1. The molecule has 1 aromatic rings. The number of benzene rings is 1. The quantitative estimate of drug-likeness (QED) is 0.415. The Bertz CT molecular complexity index is 387. The molecule has 1 heteroatoms. The third-order valence-electron chi connectivity index (χ3n) is 5.42. The van der Waals surface area contributed by atoms with Gasteiger partial charge in [0.15, 0.2) is 0 Å². The minimum atomic E-state index is 0.847. The summed E-state index contributed by atoms with van der Waals surface area (Å²) in [6.45, 7) is 2.31. The highest BCUT2D eigenvalue weighted by Gasteiger charge is 2.20. The van der Waals surface area contributed by atoms with Crippen molar-refractivity contribution in [3.8, 4) is 0 Å². The molecule has 0 atom stereocenters. The lowest BCUT2D eigenvalue weighted by atomic mass is 9.78. The van der Waals surface area contributed by atoms with E-state index in [0.29, 0.717) is 0 Å². The van der Waals surface area contributed by atoms with Crippen LogP contribution in [0.3, 0.4) is 0 Å². The molecule has 1 aromatic carbocycles. The lowest BCUT2D eigenvalue weighted by Crippen LogP contribution is -2.14. The van der Waals surface area contributed by atoms with Crippen LogP contribution < -0.4 is 0 Å². The van der Waals surface area contributed by atoms with Gasteiger partial charge in [-0.15, -0.1) is 0 Å². The Kier molecular flexibility index (Phi) is 8.37. The number of hydrogen-bond acceptors (Lipinski definition) is 0. The maximum atomic E-state index is 5.93. The van der Waals surface area contributed by atoms with Crippen molar-refractivity contribution in [3.05, 3.63) is 34.9 Å². The van der Waals surface area contributed by atoms with Gasteiger partial charge in [-0.1, -0.05) is 94.9 Å². The zero-order valence-electron chi connectivity index (χ0n) is 14.3. The van der Waals surface area contributed by atoms with Crippen LogP contribution in [0.1, 0.15) is 83.1 Å². The zero-order chi connectivity index (χ0) is 15.6. The van der Waals surface area contributed by atoms with Crippen molar-refractivity contribution in [1.29, 1.82) is 0 Å². The van der Waals surface area contributed by atoms with E-state index in [9.17, 15) is 0 Å². The Balaban J connectivity index is 1.52. The Morgan fingerprint density at radius 3 is 1.91 bits per heavy atom. The van der Waals surface area contributed by atoms with Crippen LogP contribution in [0.25, 0.3) is 0 Å². The second-order valence-corrected chi connectivity index (χ2v) is 7.69. The number of unbranched alkanes of at least 4 members (excludes halogenated alkanes) is 3. The molecular weight excluding hydrogens is 288 g/mol. The number of rotatable bonds is 9. The first-order valence-electron chi connectivity index (χ1n) is 9.52. The minimum Gasteiger partial charge on any atom is -0.0843 e. The van der Waals surface area contributed by atoms with Gasteiger partial charge < -0.3 is 0 Å². The van der Waals surface area contributed by atoms with Crippen molar-refractivity contribution >= 4 is 11.6 Å². The minimum absolute atomic E-state index is 0.847. The smallest absolute Gasteiger partial charge is 0.0406 e. The van der Waals surface area contributed by atoms with Gasteiger partial charge in [-0.05, 0) is 42.4 Å². The second kappa shape index (κ2) is 10.3. The normalized spacial score (nSPS) is 21.9. The first-order valence-corrected chi connectivity index (χ1v) is 9.90. The van der Waals surface area contributed by atoms with Crippen LogP contribution >= 0.6 is 11.6 Å². The van der Waals surface area contributed by atoms with Crippen molar-refractivity contribution in [3.63, 3.8) is 0 Å². The molecule has 124 valence electrons. The van der Waals surface area contributed by atoms with E-state index in [1.54, 1.807) is 0 Å². The zero-order valence-corrected chi connectivity index (χ0v) is 15.1. The van der Waals surface area contributed by atoms with Gasteiger partial charge in [0.1, 0.15) is 0 Å². The van der Waals surface area contributed by atoms with E-state index in [2.05, 4.69) is 19.1 Å². The maximum absolute atomic E-state index is 5.93. The molecule has 0 radical (unpaired) electrons. The van der Waals surface area contributed by atoms with E-state index in [4.69, 9.17) is 11.6 Å². The Morgan fingerprint density at radius 1 is 0.818 bits per heavy atom. The van der Waals surface area contributed by atoms with Crippen LogP contribution in [0.15, 0.2) is 24.3 Å². The molecule has 1 aliphatic carbocycles. The molecule has 1 fully saturated rings. The summed E-state index contributed by atoms with van der Waals surface area (Å²) >= 11 is 5.93. The van der Waals surface area contributed by atoms with Crippen molar-refractivity contribution in [2.75, 3.05) is 0 Å². The summed E-state index contributed by atoms with van der Waals surface area (Å²) in [6, 6.07) is 8.36. The van der Waals surface area contributed by atoms with Crippen molar-refractivity contribution in [2.24, 2.45) is 11.8 Å². The molecule has 0 aromatic heterocycles. The molecule has 0 nitrogen and oxygen atoms in total. The summed E-state index contributed by atoms with van der Waals surface area (Å²) in [5.74, 6) is 2.07. The van der Waals surface area contributed by atoms with Crippen LogP contribution in [-0.4, -0.2) is 0 Å². The molecular formula is C21H33Cl. The third kappa shape index (κ3) is 6.73. The van der Waals surface area contributed by atoms with E-state index < -0.39 is 0 Å². The highest BCUT2D eigenvalue weighted by molar-refractivity contribution is 6.30. The molecule has 0 bridgehead atoms. The lowest BCUT2D eigenvalue weighted by Gasteiger charge is -2.28. The van der Waals surface area contributed by atoms with Gasteiger partial charge in [0.2, 0.25) is 0 Å². The highest BCUT2D eigenvalue weighted by Crippen LogP contribution is 2.34. The van der Waals surface area contributed by atoms with Gasteiger partial charge in [0.25, 0.3) is 0 Å². The van der Waals surface area contributed by atoms with Crippen LogP contribution in [0.2, 0.25) is 5.02 Å². The first-order chi connectivity index (χ1) is 10.8. The standard InChI is InChI=1S/C21H33Cl/c1-2-3-4-7-18-10-12-19(13-11-18)8-5-6-9-20-14-16-21(22)17-15-20/h14-19H,2-13H2,1H3/t18-,19-. The summed E-state index contributed by atoms with van der Waals surface area (Å²) < 4.78 is 0. The Morgan fingerprint density at radius 2 is 1.36 bits per heavy atom. The third-order valence-corrected chi connectivity index (χ3v) is 5.68. The van der Waals surface area contributed by atoms with Gasteiger partial charge in [-0.2, -0.15) is 0 Å². The van der Waals surface area contributed by atoms with Gasteiger partial charge in [0, 0.05) is 5.02 Å². The molecule has 1 saturated carbocycles. The van der Waals surface area contributed by atoms with Crippen molar-refractivity contribution in [2.45, 2.75) is 84.0 Å². The highest BCUT2D eigenvalue weighted by atomic mass is 35.5. The average molecular weight is 321 g/mol. The Labute approximate surface area is 142 Å². The fourth-order valence-corrected chi connectivity index (χ4v) is 4.03. The molecule has 0 saturated heterocycles. The molecule has 1 aliphatic rings. The predicted molar refractivity (Wildman–Crippen MR) is 98.6 cm³/mol. The maximum Gasteiger partial charge on any atom is 0.0406 e. The number of hydrogen-bond donors (Lipinski definition) is 0. The predicted octanol–water partition coefficient (Wildman–Crippen LogP) is 7.44. The monoisotopic (exact) mass is 320 g/mol. The molecule has 0 spiro atoms. The summed E-state index contributed by atoms with van der Waals surface area (Å²) in [5, 5.41) is 0.847. The second-order valence-electron chi connectivity index (χ2n) is 7.25. The average Bonchev–Trinajstić information content (AvgIpc) is 2.55. The van der Waals surface area contributed by atoms with Crippen LogP contribution in [0, 0.1) is 11.8 Å². The van der Waals surface area contributed by atoms with Crippen LogP contribution in [-0.2, 0) is 6.42 Å². The summed E-state index contributed by atoms with van der Waals surface area (Å²) in [7, 11) is 0. The molecule has 0 N–H and O–H groups in total. The van der Waals surface area contributed by atoms with Gasteiger partial charge in [-0.25, -0.2) is 0 Å². The Hall–Kier alpha value is -0.490. The van der Waals surface area contributed by atoms with Gasteiger partial charge in [-0.3, -0.25) is 0 Å². The van der Waals surface area contributed by atoms with Crippen molar-refractivity contribution < 1.29 is 0 Å². The molecule has 0 unspecified atom stereocenters.